The number of para-hydroxylation sites is 1. The van der Waals surface area contributed by atoms with Crippen molar-refractivity contribution in [3.63, 3.8) is 0 Å². The van der Waals surface area contributed by atoms with Crippen LogP contribution in [0, 0.1) is 6.92 Å². The van der Waals surface area contributed by atoms with Crippen molar-refractivity contribution in [2.75, 3.05) is 6.54 Å². The molecule has 1 amide bonds. The van der Waals surface area contributed by atoms with Gasteiger partial charge < -0.3 is 4.90 Å². The number of rotatable bonds is 2. The van der Waals surface area contributed by atoms with Gasteiger partial charge in [0.1, 0.15) is 5.69 Å². The van der Waals surface area contributed by atoms with E-state index < -0.39 is 0 Å². The molecule has 0 saturated carbocycles. The summed E-state index contributed by atoms with van der Waals surface area (Å²) in [4.78, 5) is 28.3. The number of aromatic nitrogens is 4. The molecule has 0 saturated heterocycles. The average Bonchev–Trinajstić information content (AvgIpc) is 3.17. The van der Waals surface area contributed by atoms with Gasteiger partial charge in [0.25, 0.3) is 11.5 Å². The normalized spacial score (nSPS) is 13.5. The number of amides is 1. The maximum absolute atomic E-state index is 13.5. The first-order valence-corrected chi connectivity index (χ1v) is 10.9. The molecule has 0 atom stereocenters. The Kier molecular flexibility index (Phi) is 4.91. The topological polar surface area (TPSA) is 72.5 Å². The van der Waals surface area contributed by atoms with E-state index in [2.05, 4.69) is 26.2 Å². The van der Waals surface area contributed by atoms with Gasteiger partial charge in [0.05, 0.1) is 22.9 Å². The molecule has 2 aromatic heterocycles. The van der Waals surface area contributed by atoms with Crippen molar-refractivity contribution in [3.8, 4) is 5.69 Å². The van der Waals surface area contributed by atoms with E-state index in [1.54, 1.807) is 32.2 Å². The number of carbonyl (C=O) groups is 1. The van der Waals surface area contributed by atoms with Gasteiger partial charge in [-0.25, -0.2) is 0 Å². The Balaban J connectivity index is 1.62. The van der Waals surface area contributed by atoms with Gasteiger partial charge in [-0.3, -0.25) is 14.2 Å². The third kappa shape index (κ3) is 3.26. The SMILES string of the molecule is Cc1nnn2c3c(c(=O)n(-c4ccccc4)c12)CCN(C(=O)c1ccc(Br)c(Cl)c1)C3. The summed E-state index contributed by atoms with van der Waals surface area (Å²) in [5.41, 5.74) is 3.75. The van der Waals surface area contributed by atoms with Crippen LogP contribution in [0.25, 0.3) is 11.3 Å². The summed E-state index contributed by atoms with van der Waals surface area (Å²) in [7, 11) is 0. The van der Waals surface area contributed by atoms with Crippen LogP contribution in [0.1, 0.15) is 27.3 Å². The van der Waals surface area contributed by atoms with E-state index in [1.165, 1.54) is 0 Å². The first-order chi connectivity index (χ1) is 15.0. The highest BCUT2D eigenvalue weighted by molar-refractivity contribution is 9.10. The lowest BCUT2D eigenvalue weighted by molar-refractivity contribution is 0.0729. The third-order valence-electron chi connectivity index (χ3n) is 5.53. The molecule has 1 aliphatic heterocycles. The minimum absolute atomic E-state index is 0.0992. The second-order valence-electron chi connectivity index (χ2n) is 7.42. The summed E-state index contributed by atoms with van der Waals surface area (Å²) in [5.74, 6) is -0.141. The van der Waals surface area contributed by atoms with Crippen molar-refractivity contribution in [3.05, 3.63) is 90.9 Å². The van der Waals surface area contributed by atoms with Gasteiger partial charge in [0, 0.05) is 22.1 Å². The summed E-state index contributed by atoms with van der Waals surface area (Å²) in [6, 6.07) is 14.6. The van der Waals surface area contributed by atoms with E-state index in [4.69, 9.17) is 11.6 Å². The molecule has 0 fully saturated rings. The van der Waals surface area contributed by atoms with Crippen LogP contribution in [0.5, 0.6) is 0 Å². The molecule has 0 spiro atoms. The zero-order chi connectivity index (χ0) is 21.7. The van der Waals surface area contributed by atoms with Crippen molar-refractivity contribution in [1.82, 2.24) is 24.3 Å². The van der Waals surface area contributed by atoms with Gasteiger partial charge in [-0.1, -0.05) is 35.0 Å². The Morgan fingerprint density at radius 2 is 1.94 bits per heavy atom. The first kappa shape index (κ1) is 20.0. The van der Waals surface area contributed by atoms with Gasteiger partial charge in [0.15, 0.2) is 5.65 Å². The number of hydrogen-bond acceptors (Lipinski definition) is 4. The Morgan fingerprint density at radius 3 is 2.68 bits per heavy atom. The molecule has 31 heavy (non-hydrogen) atoms. The van der Waals surface area contributed by atoms with Crippen LogP contribution in [-0.2, 0) is 13.0 Å². The molecule has 5 rings (SSSR count). The highest BCUT2D eigenvalue weighted by atomic mass is 79.9. The van der Waals surface area contributed by atoms with Gasteiger partial charge in [-0.05, 0) is 59.6 Å². The van der Waals surface area contributed by atoms with Crippen LogP contribution in [0.2, 0.25) is 5.02 Å². The van der Waals surface area contributed by atoms with Gasteiger partial charge in [-0.15, -0.1) is 5.10 Å². The van der Waals surface area contributed by atoms with Gasteiger partial charge in [0.2, 0.25) is 0 Å². The van der Waals surface area contributed by atoms with Crippen molar-refractivity contribution >= 4 is 39.1 Å². The largest absolute Gasteiger partial charge is 0.332 e. The fraction of sp³-hybridized carbons (Fsp3) is 0.182. The zero-order valence-electron chi connectivity index (χ0n) is 16.5. The molecule has 3 heterocycles. The van der Waals surface area contributed by atoms with E-state index in [-0.39, 0.29) is 18.0 Å². The molecule has 0 radical (unpaired) electrons. The van der Waals surface area contributed by atoms with E-state index in [9.17, 15) is 9.59 Å². The summed E-state index contributed by atoms with van der Waals surface area (Å²) < 4.78 is 4.07. The monoisotopic (exact) mass is 497 g/mol. The van der Waals surface area contributed by atoms with Crippen LogP contribution in [0.3, 0.4) is 0 Å². The van der Waals surface area contributed by atoms with E-state index in [0.717, 1.165) is 10.2 Å². The predicted molar refractivity (Wildman–Crippen MR) is 121 cm³/mol. The number of benzene rings is 2. The lowest BCUT2D eigenvalue weighted by Crippen LogP contribution is -2.41. The Bertz CT molecular complexity index is 1400. The standard InChI is InChI=1S/C22H17BrClN5O2/c1-13-20-28(15-5-3-2-4-6-15)22(31)16-9-10-27(12-19(16)29(20)26-25-13)21(30)14-7-8-17(23)18(24)11-14/h2-8,11H,9-10,12H2,1H3. The summed E-state index contributed by atoms with van der Waals surface area (Å²) >= 11 is 9.52. The second-order valence-corrected chi connectivity index (χ2v) is 8.68. The number of nitrogens with zero attached hydrogens (tertiary/aromatic N) is 5. The number of carbonyl (C=O) groups excluding carboxylic acids is 1. The first-order valence-electron chi connectivity index (χ1n) is 9.74. The predicted octanol–water partition coefficient (Wildman–Crippen LogP) is 3.80. The van der Waals surface area contributed by atoms with Crippen molar-refractivity contribution < 1.29 is 4.79 Å². The van der Waals surface area contributed by atoms with Crippen LogP contribution in [-0.4, -0.2) is 36.7 Å². The molecule has 0 bridgehead atoms. The molecule has 2 aromatic carbocycles. The maximum atomic E-state index is 13.5. The molecule has 0 unspecified atom stereocenters. The zero-order valence-corrected chi connectivity index (χ0v) is 18.9. The van der Waals surface area contributed by atoms with Crippen LogP contribution >= 0.6 is 27.5 Å². The Hall–Kier alpha value is -2.97. The van der Waals surface area contributed by atoms with Crippen molar-refractivity contribution in [1.29, 1.82) is 0 Å². The van der Waals surface area contributed by atoms with Crippen LogP contribution in [0.4, 0.5) is 0 Å². The Morgan fingerprint density at radius 1 is 1.16 bits per heavy atom. The minimum atomic E-state index is -0.141. The van der Waals surface area contributed by atoms with Crippen LogP contribution < -0.4 is 5.56 Å². The molecule has 0 N–H and O–H groups in total. The summed E-state index contributed by atoms with van der Waals surface area (Å²) in [6.45, 7) is 2.53. The van der Waals surface area contributed by atoms with E-state index in [0.29, 0.717) is 46.2 Å². The quantitative estimate of drug-likeness (QED) is 0.421. The lowest BCUT2D eigenvalue weighted by Gasteiger charge is -2.29. The maximum Gasteiger partial charge on any atom is 0.261 e. The molecular weight excluding hydrogens is 482 g/mol. The van der Waals surface area contributed by atoms with Gasteiger partial charge in [-0.2, -0.15) is 4.52 Å². The number of halogens is 2. The average molecular weight is 499 g/mol. The lowest BCUT2D eigenvalue weighted by atomic mass is 10.0. The highest BCUT2D eigenvalue weighted by Crippen LogP contribution is 2.26. The number of aryl methyl sites for hydroxylation is 1. The summed E-state index contributed by atoms with van der Waals surface area (Å²) in [6.07, 6.45) is 0.436. The molecule has 156 valence electrons. The fourth-order valence-corrected chi connectivity index (χ4v) is 4.42. The molecular formula is C22H17BrClN5O2. The van der Waals surface area contributed by atoms with Crippen LogP contribution in [0.15, 0.2) is 57.8 Å². The molecule has 9 heteroatoms. The molecule has 0 aliphatic carbocycles. The van der Waals surface area contributed by atoms with Crippen molar-refractivity contribution in [2.24, 2.45) is 0 Å². The smallest absolute Gasteiger partial charge is 0.261 e. The van der Waals surface area contributed by atoms with Gasteiger partial charge >= 0.3 is 0 Å². The summed E-state index contributed by atoms with van der Waals surface area (Å²) in [5, 5.41) is 8.98. The number of hydrogen-bond donors (Lipinski definition) is 0. The molecule has 1 aliphatic rings. The number of fused-ring (bicyclic) bond motifs is 3. The molecule has 4 aromatic rings. The van der Waals surface area contributed by atoms with Crippen molar-refractivity contribution in [2.45, 2.75) is 19.9 Å². The minimum Gasteiger partial charge on any atom is -0.332 e. The Labute approximate surface area is 191 Å². The van der Waals surface area contributed by atoms with E-state index >= 15 is 0 Å². The highest BCUT2D eigenvalue weighted by Gasteiger charge is 2.29. The third-order valence-corrected chi connectivity index (χ3v) is 6.76. The second kappa shape index (κ2) is 7.62. The molecule has 7 nitrogen and oxygen atoms in total. The fourth-order valence-electron chi connectivity index (χ4n) is 3.99. The van der Waals surface area contributed by atoms with E-state index in [1.807, 2.05) is 37.3 Å².